The molecule has 0 spiro atoms. The van der Waals surface area contributed by atoms with Gasteiger partial charge in [0.25, 0.3) is 0 Å². The molecule has 1 heterocycles. The monoisotopic (exact) mass is 234 g/mol. The molecular formula is C9H9F3N2O2. The maximum absolute atomic E-state index is 11.7. The first-order valence-electron chi connectivity index (χ1n) is 4.30. The molecule has 0 unspecified atom stereocenters. The summed E-state index contributed by atoms with van der Waals surface area (Å²) in [6.45, 7) is 0.0388. The number of rotatable bonds is 2. The molecule has 1 aromatic heterocycles. The third-order valence-electron chi connectivity index (χ3n) is 1.60. The van der Waals surface area contributed by atoms with Crippen molar-refractivity contribution in [2.24, 2.45) is 0 Å². The molecule has 0 fully saturated rings. The van der Waals surface area contributed by atoms with E-state index in [-0.39, 0.29) is 5.82 Å². The van der Waals surface area contributed by atoms with E-state index < -0.39 is 18.9 Å². The topological polar surface area (TPSA) is 51.2 Å². The SMILES string of the molecule is Cc1cccnc1NC(=O)OCC(F)(F)F. The summed E-state index contributed by atoms with van der Waals surface area (Å²) in [7, 11) is 0. The molecule has 0 radical (unpaired) electrons. The first-order valence-corrected chi connectivity index (χ1v) is 4.30. The molecule has 0 aliphatic rings. The van der Waals surface area contributed by atoms with E-state index in [1.54, 1.807) is 19.1 Å². The van der Waals surface area contributed by atoms with Gasteiger partial charge in [-0.1, -0.05) is 6.07 Å². The lowest BCUT2D eigenvalue weighted by atomic mass is 10.3. The Kier molecular flexibility index (Phi) is 3.70. The van der Waals surface area contributed by atoms with E-state index in [0.717, 1.165) is 0 Å². The number of alkyl halides is 3. The number of hydrogen-bond donors (Lipinski definition) is 1. The first kappa shape index (κ1) is 12.3. The van der Waals surface area contributed by atoms with Gasteiger partial charge in [-0.3, -0.25) is 5.32 Å². The summed E-state index contributed by atoms with van der Waals surface area (Å²) in [6, 6.07) is 3.30. The second-order valence-electron chi connectivity index (χ2n) is 2.99. The number of ether oxygens (including phenoxy) is 1. The van der Waals surface area contributed by atoms with Crippen molar-refractivity contribution in [3.63, 3.8) is 0 Å². The van der Waals surface area contributed by atoms with Crippen molar-refractivity contribution in [3.8, 4) is 0 Å². The number of aromatic nitrogens is 1. The Morgan fingerprint density at radius 3 is 2.81 bits per heavy atom. The number of aryl methyl sites for hydroxylation is 1. The number of pyridine rings is 1. The third-order valence-corrected chi connectivity index (χ3v) is 1.60. The van der Waals surface area contributed by atoms with Crippen molar-refractivity contribution in [2.45, 2.75) is 13.1 Å². The van der Waals surface area contributed by atoms with Gasteiger partial charge in [0.05, 0.1) is 0 Å². The molecular weight excluding hydrogens is 225 g/mol. The molecule has 1 rings (SSSR count). The molecule has 0 saturated heterocycles. The summed E-state index contributed by atoms with van der Waals surface area (Å²) in [5.74, 6) is 0.176. The number of amides is 1. The third kappa shape index (κ3) is 4.16. The number of halogens is 3. The minimum atomic E-state index is -4.53. The summed E-state index contributed by atoms with van der Waals surface area (Å²) in [5, 5.41) is 2.11. The van der Waals surface area contributed by atoms with Crippen LogP contribution in [-0.4, -0.2) is 23.9 Å². The zero-order chi connectivity index (χ0) is 12.2. The van der Waals surface area contributed by atoms with Crippen molar-refractivity contribution in [1.82, 2.24) is 4.98 Å². The minimum absolute atomic E-state index is 0.176. The van der Waals surface area contributed by atoms with Gasteiger partial charge in [0, 0.05) is 6.20 Å². The number of carbonyl (C=O) groups excluding carboxylic acids is 1. The Hall–Kier alpha value is -1.79. The maximum atomic E-state index is 11.7. The predicted octanol–water partition coefficient (Wildman–Crippen LogP) is 2.50. The number of hydrogen-bond acceptors (Lipinski definition) is 3. The lowest BCUT2D eigenvalue weighted by molar-refractivity contribution is -0.159. The van der Waals surface area contributed by atoms with Crippen LogP contribution in [-0.2, 0) is 4.74 Å². The van der Waals surface area contributed by atoms with E-state index in [9.17, 15) is 18.0 Å². The van der Waals surface area contributed by atoms with Gasteiger partial charge in [-0.2, -0.15) is 13.2 Å². The molecule has 0 atom stereocenters. The van der Waals surface area contributed by atoms with Crippen LogP contribution in [0, 0.1) is 6.92 Å². The normalized spacial score (nSPS) is 11.0. The summed E-state index contributed by atoms with van der Waals surface area (Å²) < 4.78 is 39.1. The van der Waals surface area contributed by atoms with Crippen LogP contribution in [0.15, 0.2) is 18.3 Å². The van der Waals surface area contributed by atoms with Gasteiger partial charge in [0.15, 0.2) is 6.61 Å². The van der Waals surface area contributed by atoms with Crippen LogP contribution in [0.1, 0.15) is 5.56 Å². The fourth-order valence-corrected chi connectivity index (χ4v) is 0.897. The van der Waals surface area contributed by atoms with Gasteiger partial charge >= 0.3 is 12.3 Å². The average Bonchev–Trinajstić information content (AvgIpc) is 2.18. The predicted molar refractivity (Wildman–Crippen MR) is 50.0 cm³/mol. The molecule has 16 heavy (non-hydrogen) atoms. The smallest absolute Gasteiger partial charge is 0.422 e. The summed E-state index contributed by atoms with van der Waals surface area (Å²) in [6.07, 6.45) is -4.30. The molecule has 1 amide bonds. The zero-order valence-electron chi connectivity index (χ0n) is 8.34. The van der Waals surface area contributed by atoms with Crippen molar-refractivity contribution in [2.75, 3.05) is 11.9 Å². The molecule has 0 aromatic carbocycles. The summed E-state index contributed by atoms with van der Waals surface area (Å²) in [5.41, 5.74) is 0.631. The molecule has 0 aliphatic heterocycles. The highest BCUT2D eigenvalue weighted by molar-refractivity contribution is 5.84. The Labute approximate surface area is 89.4 Å². The second-order valence-corrected chi connectivity index (χ2v) is 2.99. The zero-order valence-corrected chi connectivity index (χ0v) is 8.34. The second kappa shape index (κ2) is 4.82. The van der Waals surface area contributed by atoms with Crippen molar-refractivity contribution in [3.05, 3.63) is 23.9 Å². The molecule has 1 N–H and O–H groups in total. The maximum Gasteiger partial charge on any atom is 0.422 e. The summed E-state index contributed by atoms with van der Waals surface area (Å²) >= 11 is 0. The van der Waals surface area contributed by atoms with Gasteiger partial charge in [-0.05, 0) is 18.6 Å². The van der Waals surface area contributed by atoms with Crippen molar-refractivity contribution < 1.29 is 22.7 Å². The quantitative estimate of drug-likeness (QED) is 0.855. The van der Waals surface area contributed by atoms with E-state index in [1.807, 2.05) is 0 Å². The highest BCUT2D eigenvalue weighted by atomic mass is 19.4. The Morgan fingerprint density at radius 1 is 1.56 bits per heavy atom. The van der Waals surface area contributed by atoms with Crippen LogP contribution in [0.5, 0.6) is 0 Å². The number of nitrogens with one attached hydrogen (secondary N) is 1. The van der Waals surface area contributed by atoms with Crippen LogP contribution < -0.4 is 5.32 Å². The van der Waals surface area contributed by atoms with Crippen molar-refractivity contribution >= 4 is 11.9 Å². The Bertz CT molecular complexity index is 379. The van der Waals surface area contributed by atoms with Crippen molar-refractivity contribution in [1.29, 1.82) is 0 Å². The fourth-order valence-electron chi connectivity index (χ4n) is 0.897. The molecule has 0 saturated carbocycles. The standard InChI is InChI=1S/C9H9F3N2O2/c1-6-3-2-4-13-7(6)14-8(15)16-5-9(10,11)12/h2-4H,5H2,1H3,(H,13,14,15). The molecule has 88 valence electrons. The van der Waals surface area contributed by atoms with E-state index in [1.165, 1.54) is 6.20 Å². The highest BCUT2D eigenvalue weighted by Gasteiger charge is 2.29. The molecule has 0 bridgehead atoms. The number of carbonyl (C=O) groups is 1. The van der Waals surface area contributed by atoms with E-state index in [4.69, 9.17) is 0 Å². The Balaban J connectivity index is 2.50. The van der Waals surface area contributed by atoms with Crippen LogP contribution in [0.2, 0.25) is 0 Å². The number of anilines is 1. The highest BCUT2D eigenvalue weighted by Crippen LogP contribution is 2.15. The molecule has 4 nitrogen and oxygen atoms in total. The lowest BCUT2D eigenvalue weighted by Gasteiger charge is -2.09. The average molecular weight is 234 g/mol. The first-order chi connectivity index (χ1) is 7.38. The fraction of sp³-hybridized carbons (Fsp3) is 0.333. The molecule has 7 heteroatoms. The van der Waals surface area contributed by atoms with Gasteiger partial charge in [-0.25, -0.2) is 9.78 Å². The van der Waals surface area contributed by atoms with Crippen LogP contribution in [0.4, 0.5) is 23.8 Å². The van der Waals surface area contributed by atoms with Gasteiger partial charge in [0.2, 0.25) is 0 Å². The van der Waals surface area contributed by atoms with E-state index >= 15 is 0 Å². The largest absolute Gasteiger partial charge is 0.440 e. The minimum Gasteiger partial charge on any atom is -0.440 e. The van der Waals surface area contributed by atoms with Gasteiger partial charge in [0.1, 0.15) is 5.82 Å². The lowest BCUT2D eigenvalue weighted by Crippen LogP contribution is -2.23. The van der Waals surface area contributed by atoms with Gasteiger partial charge < -0.3 is 4.74 Å². The van der Waals surface area contributed by atoms with Crippen LogP contribution in [0.3, 0.4) is 0 Å². The van der Waals surface area contributed by atoms with Gasteiger partial charge in [-0.15, -0.1) is 0 Å². The molecule has 1 aromatic rings. The van der Waals surface area contributed by atoms with E-state index in [0.29, 0.717) is 5.56 Å². The summed E-state index contributed by atoms with van der Waals surface area (Å²) in [4.78, 5) is 14.7. The Morgan fingerprint density at radius 2 is 2.25 bits per heavy atom. The van der Waals surface area contributed by atoms with Crippen LogP contribution in [0.25, 0.3) is 0 Å². The number of nitrogens with zero attached hydrogens (tertiary/aromatic N) is 1. The molecule has 0 aliphatic carbocycles. The van der Waals surface area contributed by atoms with Crippen LogP contribution >= 0.6 is 0 Å². The van der Waals surface area contributed by atoms with E-state index in [2.05, 4.69) is 15.0 Å².